The number of carbonyl (C=O) groups is 2. The maximum Gasteiger partial charge on any atom is 0.314 e. The van der Waals surface area contributed by atoms with Crippen LogP contribution in [0.3, 0.4) is 0 Å². The molecule has 2 fully saturated rings. The van der Waals surface area contributed by atoms with Crippen molar-refractivity contribution in [2.24, 2.45) is 35.5 Å². The van der Waals surface area contributed by atoms with Crippen molar-refractivity contribution in [1.29, 1.82) is 0 Å². The number of ether oxygens (including phenoxy) is 2. The van der Waals surface area contributed by atoms with Gasteiger partial charge in [0, 0.05) is 0 Å². The summed E-state index contributed by atoms with van der Waals surface area (Å²) in [6.45, 7) is 8.40. The fraction of sp³-hybridized carbons (Fsp3) is 0.700. The van der Waals surface area contributed by atoms with Crippen LogP contribution in [-0.4, -0.2) is 11.9 Å². The van der Waals surface area contributed by atoms with Crippen LogP contribution in [0.4, 0.5) is 0 Å². The Morgan fingerprint density at radius 3 is 1.46 bits per heavy atom. The first kappa shape index (κ1) is 17.2. The number of rotatable bonds is 0. The smallest absolute Gasteiger partial charge is 0.314 e. The zero-order valence-corrected chi connectivity index (χ0v) is 15.1. The number of allylic oxidation sites excluding steroid dienone is 2. The summed E-state index contributed by atoms with van der Waals surface area (Å²) in [4.78, 5) is 22.7. The molecule has 1 unspecified atom stereocenters. The van der Waals surface area contributed by atoms with Crippen molar-refractivity contribution in [3.8, 4) is 0 Å². The van der Waals surface area contributed by atoms with Crippen LogP contribution in [-0.2, 0) is 19.1 Å². The van der Waals surface area contributed by atoms with E-state index in [1.807, 2.05) is 0 Å². The largest absolute Gasteiger partial charge is 0.434 e. The van der Waals surface area contributed by atoms with Gasteiger partial charge in [-0.2, -0.15) is 0 Å². The fourth-order valence-electron chi connectivity index (χ4n) is 4.85. The van der Waals surface area contributed by atoms with E-state index in [9.17, 15) is 9.59 Å². The van der Waals surface area contributed by atoms with Gasteiger partial charge in [0.05, 0.1) is 24.4 Å². The minimum atomic E-state index is -0.0180. The number of hydrogen-bond acceptors (Lipinski definition) is 4. The molecule has 4 aliphatic rings. The third-order valence-electron chi connectivity index (χ3n) is 6.40. The highest BCUT2D eigenvalue weighted by Gasteiger charge is 2.43. The summed E-state index contributed by atoms with van der Waals surface area (Å²) in [6.07, 6.45) is 7.89. The van der Waals surface area contributed by atoms with E-state index in [4.69, 9.17) is 9.47 Å². The molecule has 24 heavy (non-hydrogen) atoms. The van der Waals surface area contributed by atoms with Crippen LogP contribution in [0.1, 0.15) is 53.4 Å². The van der Waals surface area contributed by atoms with Crippen LogP contribution in [0.25, 0.3) is 0 Å². The van der Waals surface area contributed by atoms with Crippen molar-refractivity contribution in [1.82, 2.24) is 0 Å². The summed E-state index contributed by atoms with van der Waals surface area (Å²) in [6, 6.07) is 0. The van der Waals surface area contributed by atoms with Crippen LogP contribution in [0.5, 0.6) is 0 Å². The quantitative estimate of drug-likeness (QED) is 0.623. The highest BCUT2D eigenvalue weighted by molar-refractivity contribution is 5.76. The molecule has 0 aromatic carbocycles. The van der Waals surface area contributed by atoms with Crippen molar-refractivity contribution in [2.75, 3.05) is 0 Å². The van der Waals surface area contributed by atoms with Gasteiger partial charge in [-0.3, -0.25) is 9.59 Å². The molecule has 6 atom stereocenters. The predicted molar refractivity (Wildman–Crippen MR) is 90.5 cm³/mol. The summed E-state index contributed by atoms with van der Waals surface area (Å²) < 4.78 is 9.95. The molecule has 132 valence electrons. The van der Waals surface area contributed by atoms with Crippen molar-refractivity contribution in [2.45, 2.75) is 53.4 Å². The highest BCUT2D eigenvalue weighted by Crippen LogP contribution is 2.44. The third-order valence-corrected chi connectivity index (χ3v) is 6.40. The van der Waals surface area contributed by atoms with Gasteiger partial charge in [-0.05, 0) is 74.3 Å². The van der Waals surface area contributed by atoms with E-state index in [2.05, 4.69) is 27.7 Å². The molecular formula is C20H28O4. The normalized spacial score (nSPS) is 40.3. The lowest BCUT2D eigenvalue weighted by atomic mass is 9.85. The molecule has 0 bridgehead atoms. The van der Waals surface area contributed by atoms with E-state index in [1.165, 1.54) is 11.1 Å². The lowest BCUT2D eigenvalue weighted by Crippen LogP contribution is -2.28. The fourth-order valence-corrected chi connectivity index (χ4v) is 4.85. The van der Waals surface area contributed by atoms with Crippen molar-refractivity contribution >= 4 is 11.9 Å². The van der Waals surface area contributed by atoms with Crippen LogP contribution in [0.2, 0.25) is 0 Å². The van der Waals surface area contributed by atoms with Crippen molar-refractivity contribution < 1.29 is 19.1 Å². The lowest BCUT2D eigenvalue weighted by molar-refractivity contribution is -0.147. The zero-order chi connectivity index (χ0) is 17.4. The van der Waals surface area contributed by atoms with Gasteiger partial charge in [-0.15, -0.1) is 0 Å². The third kappa shape index (κ3) is 3.03. The topological polar surface area (TPSA) is 52.6 Å². The Balaban J connectivity index is 0.000000141. The van der Waals surface area contributed by atoms with E-state index >= 15 is 0 Å². The maximum absolute atomic E-state index is 11.4. The van der Waals surface area contributed by atoms with Gasteiger partial charge < -0.3 is 9.47 Å². The highest BCUT2D eigenvalue weighted by atomic mass is 16.5. The molecule has 0 aromatic rings. The molecule has 2 aliphatic carbocycles. The van der Waals surface area contributed by atoms with Gasteiger partial charge in [-0.25, -0.2) is 0 Å². The Hall–Kier alpha value is -1.58. The Morgan fingerprint density at radius 1 is 0.750 bits per heavy atom. The first-order valence-corrected chi connectivity index (χ1v) is 9.14. The molecule has 2 aliphatic heterocycles. The minimum absolute atomic E-state index is 0.0180. The Morgan fingerprint density at radius 2 is 1.12 bits per heavy atom. The van der Waals surface area contributed by atoms with Crippen LogP contribution in [0, 0.1) is 35.5 Å². The monoisotopic (exact) mass is 332 g/mol. The molecule has 2 saturated carbocycles. The zero-order valence-electron chi connectivity index (χ0n) is 15.1. The second kappa shape index (κ2) is 6.73. The standard InChI is InChI=1S/2C10H14O2/c2*1-6-3-4-8-7(2)5-12-10(11)9(6)8/h2*5-6,8-9H,3-4H2,1-2H3/t6-,8+,9?;6-,8+,9+/m00/s1. The lowest BCUT2D eigenvalue weighted by Gasteiger charge is -2.25. The van der Waals surface area contributed by atoms with Gasteiger partial charge >= 0.3 is 11.9 Å². The maximum atomic E-state index is 11.4. The summed E-state index contributed by atoms with van der Waals surface area (Å²) in [7, 11) is 0. The molecule has 4 heteroatoms. The summed E-state index contributed by atoms with van der Waals surface area (Å²) in [5.74, 6) is 2.22. The van der Waals surface area contributed by atoms with Gasteiger partial charge in [0.15, 0.2) is 0 Å². The van der Waals surface area contributed by atoms with Crippen molar-refractivity contribution in [3.05, 3.63) is 23.7 Å². The predicted octanol–water partition coefficient (Wildman–Crippen LogP) is 4.22. The summed E-state index contributed by atoms with van der Waals surface area (Å²) in [5.41, 5.74) is 2.48. The number of esters is 2. The number of cyclic esters (lactones) is 2. The first-order valence-electron chi connectivity index (χ1n) is 9.14. The van der Waals surface area contributed by atoms with Crippen LogP contribution < -0.4 is 0 Å². The molecule has 0 spiro atoms. The second-order valence-electron chi connectivity index (χ2n) is 7.97. The number of carbonyl (C=O) groups excluding carboxylic acids is 2. The molecule has 0 amide bonds. The van der Waals surface area contributed by atoms with E-state index in [0.29, 0.717) is 23.7 Å². The molecule has 0 aromatic heterocycles. The average molecular weight is 332 g/mol. The molecule has 0 N–H and O–H groups in total. The van der Waals surface area contributed by atoms with Gasteiger partial charge in [0.1, 0.15) is 0 Å². The van der Waals surface area contributed by atoms with Gasteiger partial charge in [-0.1, -0.05) is 13.8 Å². The SMILES string of the molecule is CC1=COC(=O)C2[C@@H]1CC[C@@H]2C.CC1=COC(=O)[C@H]2[C@@H]1CC[C@@H]2C. The molecular weight excluding hydrogens is 304 g/mol. The van der Waals surface area contributed by atoms with E-state index in [0.717, 1.165) is 25.7 Å². The summed E-state index contributed by atoms with van der Waals surface area (Å²) >= 11 is 0. The van der Waals surface area contributed by atoms with E-state index in [1.54, 1.807) is 12.5 Å². The molecule has 2 heterocycles. The van der Waals surface area contributed by atoms with Crippen LogP contribution in [0.15, 0.2) is 23.7 Å². The van der Waals surface area contributed by atoms with Gasteiger partial charge in [0.2, 0.25) is 0 Å². The Kier molecular flexibility index (Phi) is 4.84. The van der Waals surface area contributed by atoms with Crippen LogP contribution >= 0.6 is 0 Å². The molecule has 4 nitrogen and oxygen atoms in total. The summed E-state index contributed by atoms with van der Waals surface area (Å²) in [5, 5.41) is 0. The second-order valence-corrected chi connectivity index (χ2v) is 7.97. The first-order chi connectivity index (χ1) is 11.4. The minimum Gasteiger partial charge on any atom is -0.434 e. The van der Waals surface area contributed by atoms with E-state index < -0.39 is 0 Å². The molecule has 0 saturated heterocycles. The Bertz CT molecular complexity index is 536. The molecule has 0 radical (unpaired) electrons. The van der Waals surface area contributed by atoms with Crippen molar-refractivity contribution in [3.63, 3.8) is 0 Å². The molecule has 4 rings (SSSR count). The Labute approximate surface area is 144 Å². The van der Waals surface area contributed by atoms with Gasteiger partial charge in [0.25, 0.3) is 0 Å². The number of hydrogen-bond donors (Lipinski definition) is 0. The van der Waals surface area contributed by atoms with E-state index in [-0.39, 0.29) is 23.8 Å². The number of fused-ring (bicyclic) bond motifs is 2. The average Bonchev–Trinajstić information content (AvgIpc) is 3.13.